The highest BCUT2D eigenvalue weighted by atomic mass is 19.1. The van der Waals surface area contributed by atoms with Gasteiger partial charge in [0.2, 0.25) is 0 Å². The van der Waals surface area contributed by atoms with E-state index in [1.165, 1.54) is 0 Å². The van der Waals surface area contributed by atoms with Crippen molar-refractivity contribution >= 4 is 6.03 Å². The molecule has 0 saturated carbocycles. The highest BCUT2D eigenvalue weighted by Crippen LogP contribution is 2.16. The van der Waals surface area contributed by atoms with Crippen LogP contribution in [0.5, 0.6) is 0 Å². The lowest BCUT2D eigenvalue weighted by molar-refractivity contribution is 0.157. The Hall–Kier alpha value is -1.69. The molecule has 0 spiro atoms. The summed E-state index contributed by atoms with van der Waals surface area (Å²) in [6.07, 6.45) is 1.90. The predicted molar refractivity (Wildman–Crippen MR) is 70.3 cm³/mol. The number of carbonyl (C=O) groups excluding carboxylic acids is 1. The monoisotopic (exact) mass is 284 g/mol. The molecule has 0 unspecified atom stereocenters. The van der Waals surface area contributed by atoms with Gasteiger partial charge >= 0.3 is 6.03 Å². The number of amides is 2. The average molecular weight is 284 g/mol. The van der Waals surface area contributed by atoms with Gasteiger partial charge in [-0.1, -0.05) is 0 Å². The second-order valence-electron chi connectivity index (χ2n) is 4.89. The number of likely N-dealkylation sites (tertiary alicyclic amines) is 1. The number of carbonyl (C=O) groups is 1. The normalized spacial score (nSPS) is 18.4. The van der Waals surface area contributed by atoms with E-state index in [1.807, 2.05) is 0 Å². The lowest BCUT2D eigenvalue weighted by atomic mass is 10.1. The Labute approximate surface area is 116 Å². The van der Waals surface area contributed by atoms with Crippen molar-refractivity contribution in [1.82, 2.24) is 10.2 Å². The summed E-state index contributed by atoms with van der Waals surface area (Å²) in [6.45, 7) is 0.797. The molecule has 1 aromatic carbocycles. The summed E-state index contributed by atoms with van der Waals surface area (Å²) in [5, 5.41) is 11.8. The molecule has 1 saturated heterocycles. The summed E-state index contributed by atoms with van der Waals surface area (Å²) in [5.74, 6) is -0.970. The topological polar surface area (TPSA) is 52.6 Å². The fourth-order valence-electron chi connectivity index (χ4n) is 2.43. The summed E-state index contributed by atoms with van der Waals surface area (Å²) in [6, 6.07) is 2.87. The Bertz CT molecular complexity index is 482. The third kappa shape index (κ3) is 3.45. The van der Waals surface area contributed by atoms with Gasteiger partial charge in [0.25, 0.3) is 0 Å². The molecule has 1 atom stereocenters. The highest BCUT2D eigenvalue weighted by Gasteiger charge is 2.27. The number of hydrogen-bond donors (Lipinski definition) is 2. The van der Waals surface area contributed by atoms with Crippen LogP contribution in [-0.2, 0) is 6.42 Å². The number of benzene rings is 1. The molecule has 1 aromatic rings. The molecule has 1 aliphatic rings. The zero-order valence-corrected chi connectivity index (χ0v) is 11.1. The first-order chi connectivity index (χ1) is 9.61. The van der Waals surface area contributed by atoms with Gasteiger partial charge in [-0.05, 0) is 43.0 Å². The van der Waals surface area contributed by atoms with Crippen LogP contribution in [0.3, 0.4) is 0 Å². The summed E-state index contributed by atoms with van der Waals surface area (Å²) < 4.78 is 26.4. The molecule has 0 aromatic heterocycles. The minimum Gasteiger partial charge on any atom is -0.394 e. The van der Waals surface area contributed by atoms with Gasteiger partial charge in [0.1, 0.15) is 11.6 Å². The van der Waals surface area contributed by atoms with Crippen molar-refractivity contribution in [3.63, 3.8) is 0 Å². The molecule has 1 fully saturated rings. The van der Waals surface area contributed by atoms with Gasteiger partial charge in [0.15, 0.2) is 0 Å². The van der Waals surface area contributed by atoms with Crippen LogP contribution < -0.4 is 5.32 Å². The molecule has 1 aliphatic heterocycles. The van der Waals surface area contributed by atoms with Crippen LogP contribution in [0.25, 0.3) is 0 Å². The number of halogens is 2. The zero-order valence-electron chi connectivity index (χ0n) is 11.1. The van der Waals surface area contributed by atoms with Gasteiger partial charge < -0.3 is 15.3 Å². The van der Waals surface area contributed by atoms with E-state index in [2.05, 4.69) is 5.32 Å². The molecular formula is C14H18F2N2O2. The van der Waals surface area contributed by atoms with Gasteiger partial charge in [-0.15, -0.1) is 0 Å². The van der Waals surface area contributed by atoms with Crippen LogP contribution in [0.2, 0.25) is 0 Å². The standard InChI is InChI=1S/C14H18F2N2O2/c15-11-3-4-13(16)10(8-11)5-6-17-14(20)18-7-1-2-12(18)9-19/h3-4,8,12,19H,1-2,5-7,9H2,(H,17,20)/t12-/m1/s1. The molecule has 6 heteroatoms. The van der Waals surface area contributed by atoms with E-state index in [0.29, 0.717) is 6.54 Å². The number of urea groups is 1. The predicted octanol–water partition coefficient (Wildman–Crippen LogP) is 1.67. The maximum absolute atomic E-state index is 13.4. The number of nitrogens with zero attached hydrogens (tertiary/aromatic N) is 1. The smallest absolute Gasteiger partial charge is 0.317 e. The summed E-state index contributed by atoms with van der Waals surface area (Å²) in [4.78, 5) is 13.5. The lowest BCUT2D eigenvalue weighted by Crippen LogP contribution is -2.44. The molecule has 2 rings (SSSR count). The zero-order chi connectivity index (χ0) is 14.5. The quantitative estimate of drug-likeness (QED) is 0.883. The second-order valence-corrected chi connectivity index (χ2v) is 4.89. The van der Waals surface area contributed by atoms with Gasteiger partial charge in [-0.2, -0.15) is 0 Å². The number of hydrogen-bond acceptors (Lipinski definition) is 2. The molecule has 20 heavy (non-hydrogen) atoms. The Kier molecular flexibility index (Phi) is 4.89. The third-order valence-corrected chi connectivity index (χ3v) is 3.53. The molecular weight excluding hydrogens is 266 g/mol. The number of aliphatic hydroxyl groups excluding tert-OH is 1. The van der Waals surface area contributed by atoms with Crippen molar-refractivity contribution in [3.8, 4) is 0 Å². The van der Waals surface area contributed by atoms with Crippen LogP contribution in [0.1, 0.15) is 18.4 Å². The van der Waals surface area contributed by atoms with E-state index in [-0.39, 0.29) is 37.2 Å². The minimum absolute atomic E-state index is 0.0497. The average Bonchev–Trinajstić information content (AvgIpc) is 2.91. The Morgan fingerprint density at radius 2 is 2.25 bits per heavy atom. The van der Waals surface area contributed by atoms with Crippen molar-refractivity contribution in [3.05, 3.63) is 35.4 Å². The van der Waals surface area contributed by atoms with Gasteiger partial charge in [0, 0.05) is 13.1 Å². The minimum atomic E-state index is -0.493. The van der Waals surface area contributed by atoms with E-state index in [9.17, 15) is 13.6 Å². The Morgan fingerprint density at radius 1 is 1.45 bits per heavy atom. The van der Waals surface area contributed by atoms with Crippen LogP contribution in [0.15, 0.2) is 18.2 Å². The van der Waals surface area contributed by atoms with Crippen molar-refractivity contribution in [1.29, 1.82) is 0 Å². The SMILES string of the molecule is O=C(NCCc1cc(F)ccc1F)N1CCC[C@@H]1CO. The molecule has 4 nitrogen and oxygen atoms in total. The van der Waals surface area contributed by atoms with Crippen LogP contribution in [-0.4, -0.2) is 41.8 Å². The van der Waals surface area contributed by atoms with Gasteiger partial charge in [-0.25, -0.2) is 13.6 Å². The van der Waals surface area contributed by atoms with Crippen LogP contribution >= 0.6 is 0 Å². The van der Waals surface area contributed by atoms with E-state index in [0.717, 1.165) is 31.0 Å². The molecule has 0 radical (unpaired) electrons. The van der Waals surface area contributed by atoms with Gasteiger partial charge in [0.05, 0.1) is 12.6 Å². The maximum Gasteiger partial charge on any atom is 0.317 e. The van der Waals surface area contributed by atoms with Crippen molar-refractivity contribution in [2.45, 2.75) is 25.3 Å². The highest BCUT2D eigenvalue weighted by molar-refractivity contribution is 5.74. The number of nitrogens with one attached hydrogen (secondary N) is 1. The van der Waals surface area contributed by atoms with Crippen LogP contribution in [0, 0.1) is 11.6 Å². The largest absolute Gasteiger partial charge is 0.394 e. The summed E-state index contributed by atoms with van der Waals surface area (Å²) >= 11 is 0. The molecule has 2 amide bonds. The van der Waals surface area contributed by atoms with E-state index in [4.69, 9.17) is 5.11 Å². The van der Waals surface area contributed by atoms with E-state index >= 15 is 0 Å². The van der Waals surface area contributed by atoms with Crippen molar-refractivity contribution < 1.29 is 18.7 Å². The van der Waals surface area contributed by atoms with E-state index < -0.39 is 11.6 Å². The molecule has 1 heterocycles. The van der Waals surface area contributed by atoms with E-state index in [1.54, 1.807) is 4.90 Å². The Balaban J connectivity index is 1.83. The fourth-order valence-corrected chi connectivity index (χ4v) is 2.43. The second kappa shape index (κ2) is 6.65. The third-order valence-electron chi connectivity index (χ3n) is 3.53. The number of rotatable bonds is 4. The first-order valence-electron chi connectivity index (χ1n) is 6.71. The van der Waals surface area contributed by atoms with Crippen molar-refractivity contribution in [2.75, 3.05) is 19.7 Å². The number of aliphatic hydroxyl groups is 1. The Morgan fingerprint density at radius 3 is 3.00 bits per heavy atom. The molecule has 0 bridgehead atoms. The molecule has 110 valence electrons. The lowest BCUT2D eigenvalue weighted by Gasteiger charge is -2.23. The van der Waals surface area contributed by atoms with Gasteiger partial charge in [-0.3, -0.25) is 0 Å². The summed E-state index contributed by atoms with van der Waals surface area (Å²) in [7, 11) is 0. The first kappa shape index (κ1) is 14.7. The van der Waals surface area contributed by atoms with Crippen molar-refractivity contribution in [2.24, 2.45) is 0 Å². The fraction of sp³-hybridized carbons (Fsp3) is 0.500. The first-order valence-corrected chi connectivity index (χ1v) is 6.71. The maximum atomic E-state index is 13.4. The molecule has 2 N–H and O–H groups in total. The summed E-state index contributed by atoms with van der Waals surface area (Å²) in [5.41, 5.74) is 0.241. The molecule has 0 aliphatic carbocycles. The van der Waals surface area contributed by atoms with Crippen LogP contribution in [0.4, 0.5) is 13.6 Å².